The highest BCUT2D eigenvalue weighted by Gasteiger charge is 2.08. The Bertz CT molecular complexity index is 854. The van der Waals surface area contributed by atoms with Gasteiger partial charge in [-0.2, -0.15) is 0 Å². The molecule has 0 aliphatic rings. The third-order valence-electron chi connectivity index (χ3n) is 3.79. The van der Waals surface area contributed by atoms with Crippen molar-refractivity contribution < 1.29 is 12.8 Å². The summed E-state index contributed by atoms with van der Waals surface area (Å²) in [5.41, 5.74) is 1.90. The minimum absolute atomic E-state index is 0. The lowest BCUT2D eigenvalue weighted by molar-refractivity contribution is 0.476. The highest BCUT2D eigenvalue weighted by Crippen LogP contribution is 2.11. The normalized spacial score (nSPS) is 11.6. The van der Waals surface area contributed by atoms with Crippen LogP contribution < -0.4 is 5.32 Å². The Morgan fingerprint density at radius 1 is 1.07 bits per heavy atom. The molecule has 2 aromatic rings. The van der Waals surface area contributed by atoms with Crippen LogP contribution in [0.1, 0.15) is 18.1 Å². The standard InChI is InChI=1S/C19H24FN3O2S.HI/c1-4-21-19(23(2)14-16-5-9-17(20)10-6-16)22-13-15-7-11-18(12-8-15)26(3,24)25;/h5-12H,4,13-14H2,1-3H3,(H,21,22);1H. The maximum atomic E-state index is 13.0. The Labute approximate surface area is 177 Å². The lowest BCUT2D eigenvalue weighted by atomic mass is 10.2. The van der Waals surface area contributed by atoms with Crippen molar-refractivity contribution in [2.45, 2.75) is 24.9 Å². The number of aliphatic imine (C=N–C) groups is 1. The van der Waals surface area contributed by atoms with E-state index in [-0.39, 0.29) is 29.8 Å². The van der Waals surface area contributed by atoms with Crippen LogP contribution in [0.25, 0.3) is 0 Å². The van der Waals surface area contributed by atoms with Gasteiger partial charge in [0.25, 0.3) is 0 Å². The van der Waals surface area contributed by atoms with E-state index < -0.39 is 9.84 Å². The first kappa shape index (κ1) is 23.4. The fraction of sp³-hybridized carbons (Fsp3) is 0.316. The molecule has 0 bridgehead atoms. The Hall–Kier alpha value is -1.68. The maximum absolute atomic E-state index is 13.0. The molecule has 0 aliphatic heterocycles. The van der Waals surface area contributed by atoms with Crippen molar-refractivity contribution in [1.82, 2.24) is 10.2 Å². The Morgan fingerprint density at radius 3 is 2.15 bits per heavy atom. The van der Waals surface area contributed by atoms with Crippen LogP contribution in [0.4, 0.5) is 4.39 Å². The quantitative estimate of drug-likeness (QED) is 0.371. The average molecular weight is 505 g/mol. The first-order valence-corrected chi connectivity index (χ1v) is 10.2. The molecule has 1 N–H and O–H groups in total. The molecule has 5 nitrogen and oxygen atoms in total. The highest BCUT2D eigenvalue weighted by molar-refractivity contribution is 14.0. The minimum Gasteiger partial charge on any atom is -0.357 e. The number of sulfone groups is 1. The summed E-state index contributed by atoms with van der Waals surface area (Å²) >= 11 is 0. The van der Waals surface area contributed by atoms with Crippen LogP contribution in [0.15, 0.2) is 58.4 Å². The fourth-order valence-electron chi connectivity index (χ4n) is 2.42. The second-order valence-corrected chi connectivity index (χ2v) is 8.08. The van der Waals surface area contributed by atoms with Crippen molar-refractivity contribution in [2.75, 3.05) is 19.8 Å². The van der Waals surface area contributed by atoms with Crippen LogP contribution >= 0.6 is 24.0 Å². The van der Waals surface area contributed by atoms with Crippen LogP contribution in [-0.4, -0.2) is 39.1 Å². The van der Waals surface area contributed by atoms with Crippen molar-refractivity contribution in [2.24, 2.45) is 4.99 Å². The van der Waals surface area contributed by atoms with E-state index in [0.29, 0.717) is 18.0 Å². The summed E-state index contributed by atoms with van der Waals surface area (Å²) in [6.07, 6.45) is 1.19. The van der Waals surface area contributed by atoms with Gasteiger partial charge in [0.15, 0.2) is 15.8 Å². The van der Waals surface area contributed by atoms with E-state index in [9.17, 15) is 12.8 Å². The van der Waals surface area contributed by atoms with Gasteiger partial charge in [-0.15, -0.1) is 24.0 Å². The molecule has 0 amide bonds. The Kier molecular flexibility index (Phi) is 9.17. The lowest BCUT2D eigenvalue weighted by Gasteiger charge is -2.22. The first-order valence-electron chi connectivity index (χ1n) is 8.32. The zero-order chi connectivity index (χ0) is 19.2. The summed E-state index contributed by atoms with van der Waals surface area (Å²) in [5.74, 6) is 0.471. The molecule has 0 atom stereocenters. The van der Waals surface area contributed by atoms with Gasteiger partial charge in [-0.1, -0.05) is 24.3 Å². The molecule has 0 saturated carbocycles. The smallest absolute Gasteiger partial charge is 0.194 e. The monoisotopic (exact) mass is 505 g/mol. The number of rotatable bonds is 6. The molecular weight excluding hydrogens is 480 g/mol. The van der Waals surface area contributed by atoms with E-state index in [2.05, 4.69) is 10.3 Å². The van der Waals surface area contributed by atoms with Gasteiger partial charge in [-0.25, -0.2) is 17.8 Å². The van der Waals surface area contributed by atoms with E-state index in [1.807, 2.05) is 18.9 Å². The molecule has 0 unspecified atom stereocenters. The number of hydrogen-bond donors (Lipinski definition) is 1. The number of halogens is 2. The van der Waals surface area contributed by atoms with Crippen molar-refractivity contribution in [3.63, 3.8) is 0 Å². The van der Waals surface area contributed by atoms with Gasteiger partial charge in [0.05, 0.1) is 11.4 Å². The van der Waals surface area contributed by atoms with Gasteiger partial charge in [-0.3, -0.25) is 0 Å². The van der Waals surface area contributed by atoms with Crippen LogP contribution in [0.3, 0.4) is 0 Å². The topological polar surface area (TPSA) is 61.8 Å². The van der Waals surface area contributed by atoms with Crippen LogP contribution in [0.2, 0.25) is 0 Å². The van der Waals surface area contributed by atoms with Gasteiger partial charge < -0.3 is 10.2 Å². The van der Waals surface area contributed by atoms with Gasteiger partial charge >= 0.3 is 0 Å². The third kappa shape index (κ3) is 7.45. The summed E-state index contributed by atoms with van der Waals surface area (Å²) in [7, 11) is -1.28. The molecule has 0 radical (unpaired) electrons. The van der Waals surface area contributed by atoms with E-state index in [4.69, 9.17) is 0 Å². The van der Waals surface area contributed by atoms with E-state index >= 15 is 0 Å². The molecule has 0 aliphatic carbocycles. The lowest BCUT2D eigenvalue weighted by Crippen LogP contribution is -2.38. The number of nitrogens with one attached hydrogen (secondary N) is 1. The second-order valence-electron chi connectivity index (χ2n) is 6.07. The fourth-order valence-corrected chi connectivity index (χ4v) is 3.05. The first-order chi connectivity index (χ1) is 12.3. The van der Waals surface area contributed by atoms with Gasteiger partial charge in [-0.05, 0) is 42.3 Å². The van der Waals surface area contributed by atoms with E-state index in [1.165, 1.54) is 18.4 Å². The number of benzene rings is 2. The number of hydrogen-bond acceptors (Lipinski definition) is 3. The molecule has 8 heteroatoms. The maximum Gasteiger partial charge on any atom is 0.194 e. The Balaban J connectivity index is 0.00000364. The highest BCUT2D eigenvalue weighted by atomic mass is 127. The van der Waals surface area contributed by atoms with E-state index in [1.54, 1.807) is 36.4 Å². The Morgan fingerprint density at radius 2 is 1.63 bits per heavy atom. The predicted molar refractivity (Wildman–Crippen MR) is 118 cm³/mol. The zero-order valence-electron chi connectivity index (χ0n) is 15.6. The minimum atomic E-state index is -3.19. The molecule has 0 spiro atoms. The van der Waals surface area contributed by atoms with Crippen molar-refractivity contribution in [3.05, 3.63) is 65.5 Å². The summed E-state index contributed by atoms with van der Waals surface area (Å²) < 4.78 is 36.1. The molecule has 27 heavy (non-hydrogen) atoms. The summed E-state index contributed by atoms with van der Waals surface area (Å²) in [6.45, 7) is 3.74. The average Bonchev–Trinajstić information content (AvgIpc) is 2.60. The molecule has 2 aromatic carbocycles. The molecular formula is C19H25FIN3O2S. The van der Waals surface area contributed by atoms with Gasteiger partial charge in [0.1, 0.15) is 5.82 Å². The molecule has 0 aromatic heterocycles. The van der Waals surface area contributed by atoms with E-state index in [0.717, 1.165) is 23.6 Å². The van der Waals surface area contributed by atoms with Gasteiger partial charge in [0.2, 0.25) is 0 Å². The molecule has 0 saturated heterocycles. The van der Waals surface area contributed by atoms with Crippen molar-refractivity contribution in [1.29, 1.82) is 0 Å². The largest absolute Gasteiger partial charge is 0.357 e. The summed E-state index contributed by atoms with van der Waals surface area (Å²) in [4.78, 5) is 6.85. The molecule has 0 heterocycles. The number of guanidine groups is 1. The molecule has 2 rings (SSSR count). The predicted octanol–water partition coefficient (Wildman–Crippen LogP) is 3.44. The van der Waals surface area contributed by atoms with Crippen molar-refractivity contribution in [3.8, 4) is 0 Å². The van der Waals surface area contributed by atoms with Crippen molar-refractivity contribution >= 4 is 39.8 Å². The van der Waals surface area contributed by atoms with Crippen LogP contribution in [0.5, 0.6) is 0 Å². The third-order valence-corrected chi connectivity index (χ3v) is 4.92. The summed E-state index contributed by atoms with van der Waals surface area (Å²) in [5, 5.41) is 3.23. The SMILES string of the molecule is CCNC(=NCc1ccc(S(C)(=O)=O)cc1)N(C)Cc1ccc(F)cc1.I. The van der Waals surface area contributed by atoms with Crippen LogP contribution in [-0.2, 0) is 22.9 Å². The molecule has 0 fully saturated rings. The van der Waals surface area contributed by atoms with Crippen LogP contribution in [0, 0.1) is 5.82 Å². The van der Waals surface area contributed by atoms with Gasteiger partial charge in [0, 0.05) is 26.4 Å². The zero-order valence-corrected chi connectivity index (χ0v) is 18.8. The second kappa shape index (κ2) is 10.6. The summed E-state index contributed by atoms with van der Waals surface area (Å²) in [6, 6.07) is 13.1. The number of nitrogens with zero attached hydrogens (tertiary/aromatic N) is 2. The molecule has 148 valence electrons.